The Morgan fingerprint density at radius 3 is 2.65 bits per heavy atom. The van der Waals surface area contributed by atoms with Gasteiger partial charge >= 0.3 is 0 Å². The van der Waals surface area contributed by atoms with Crippen LogP contribution in [0.1, 0.15) is 27.3 Å². The number of carbonyl (C=O) groups excluding carboxylic acids is 1. The van der Waals surface area contributed by atoms with Crippen molar-refractivity contribution in [3.8, 4) is 0 Å². The zero-order valence-corrected chi connectivity index (χ0v) is 10.2. The fourth-order valence-electron chi connectivity index (χ4n) is 1.57. The number of nitrogens with zero attached hydrogens (tertiary/aromatic N) is 1. The molecule has 2 N–H and O–H groups in total. The van der Waals surface area contributed by atoms with Gasteiger partial charge in [0.2, 0.25) is 5.95 Å². The van der Waals surface area contributed by atoms with E-state index in [4.69, 9.17) is 0 Å². The van der Waals surface area contributed by atoms with Crippen LogP contribution in [0.25, 0.3) is 0 Å². The van der Waals surface area contributed by atoms with Crippen LogP contribution in [-0.2, 0) is 0 Å². The fraction of sp³-hybridized carbons (Fsp3) is 0.231. The number of hydrogen-bond acceptors (Lipinski definition) is 2. The van der Waals surface area contributed by atoms with Crippen molar-refractivity contribution in [2.75, 3.05) is 5.32 Å². The standard InChI is InChI=1S/C13H15N3O/c1-8-5-4-6-11(7-8)12(17)16-13-14-9(2)10(3)15-13/h4-7H,1-3H3,(H2,14,15,16,17). The van der Waals surface area contributed by atoms with Crippen LogP contribution in [0.2, 0.25) is 0 Å². The largest absolute Gasteiger partial charge is 0.328 e. The third kappa shape index (κ3) is 2.53. The average molecular weight is 229 g/mol. The summed E-state index contributed by atoms with van der Waals surface area (Å²) in [5.74, 6) is 0.342. The molecule has 1 aromatic carbocycles. The highest BCUT2D eigenvalue weighted by Crippen LogP contribution is 2.10. The van der Waals surface area contributed by atoms with E-state index in [9.17, 15) is 4.79 Å². The van der Waals surface area contributed by atoms with E-state index < -0.39 is 0 Å². The molecule has 4 heteroatoms. The summed E-state index contributed by atoms with van der Waals surface area (Å²) in [5, 5.41) is 2.74. The highest BCUT2D eigenvalue weighted by molar-refractivity contribution is 6.03. The molecule has 1 aromatic heterocycles. The minimum Gasteiger partial charge on any atom is -0.328 e. The number of carbonyl (C=O) groups is 1. The average Bonchev–Trinajstić information content (AvgIpc) is 2.58. The second kappa shape index (κ2) is 4.41. The zero-order valence-electron chi connectivity index (χ0n) is 10.2. The van der Waals surface area contributed by atoms with Crippen LogP contribution in [0.4, 0.5) is 5.95 Å². The lowest BCUT2D eigenvalue weighted by Crippen LogP contribution is -2.13. The lowest BCUT2D eigenvalue weighted by atomic mass is 10.1. The molecular weight excluding hydrogens is 214 g/mol. The number of benzene rings is 1. The molecule has 2 aromatic rings. The van der Waals surface area contributed by atoms with Crippen molar-refractivity contribution in [2.45, 2.75) is 20.8 Å². The predicted octanol–water partition coefficient (Wildman–Crippen LogP) is 2.59. The number of aromatic amines is 1. The number of imidazole rings is 1. The first-order chi connectivity index (χ1) is 8.06. The second-order valence-electron chi connectivity index (χ2n) is 4.12. The molecule has 1 heterocycles. The molecule has 0 aliphatic rings. The van der Waals surface area contributed by atoms with Crippen LogP contribution < -0.4 is 5.32 Å². The topological polar surface area (TPSA) is 57.8 Å². The van der Waals surface area contributed by atoms with Crippen LogP contribution in [0.3, 0.4) is 0 Å². The predicted molar refractivity (Wildman–Crippen MR) is 67.2 cm³/mol. The quantitative estimate of drug-likeness (QED) is 0.831. The molecule has 17 heavy (non-hydrogen) atoms. The minimum atomic E-state index is -0.151. The summed E-state index contributed by atoms with van der Waals surface area (Å²) in [7, 11) is 0. The Kier molecular flexibility index (Phi) is 2.95. The van der Waals surface area contributed by atoms with Crippen LogP contribution >= 0.6 is 0 Å². The smallest absolute Gasteiger partial charge is 0.257 e. The van der Waals surface area contributed by atoms with E-state index in [-0.39, 0.29) is 5.91 Å². The molecule has 0 aliphatic heterocycles. The molecule has 0 saturated heterocycles. The van der Waals surface area contributed by atoms with Gasteiger partial charge in [-0.05, 0) is 32.9 Å². The van der Waals surface area contributed by atoms with Crippen LogP contribution in [0.15, 0.2) is 24.3 Å². The third-order valence-corrected chi connectivity index (χ3v) is 2.64. The highest BCUT2D eigenvalue weighted by Gasteiger charge is 2.09. The lowest BCUT2D eigenvalue weighted by Gasteiger charge is -2.02. The summed E-state index contributed by atoms with van der Waals surface area (Å²) >= 11 is 0. The Morgan fingerprint density at radius 2 is 2.06 bits per heavy atom. The van der Waals surface area contributed by atoms with Gasteiger partial charge in [-0.3, -0.25) is 10.1 Å². The van der Waals surface area contributed by atoms with Gasteiger partial charge in [-0.15, -0.1) is 0 Å². The minimum absolute atomic E-state index is 0.151. The molecule has 1 amide bonds. The Labute approximate surface area is 100 Å². The number of nitrogens with one attached hydrogen (secondary N) is 2. The van der Waals surface area contributed by atoms with Crippen molar-refractivity contribution in [1.82, 2.24) is 9.97 Å². The molecule has 88 valence electrons. The molecule has 0 bridgehead atoms. The van der Waals surface area contributed by atoms with E-state index in [1.165, 1.54) is 0 Å². The van der Waals surface area contributed by atoms with Gasteiger partial charge in [0.25, 0.3) is 5.91 Å². The Bertz CT molecular complexity index is 538. The van der Waals surface area contributed by atoms with E-state index in [0.29, 0.717) is 11.5 Å². The van der Waals surface area contributed by atoms with E-state index >= 15 is 0 Å². The molecular formula is C13H15N3O. The second-order valence-corrected chi connectivity index (χ2v) is 4.12. The molecule has 0 spiro atoms. The number of rotatable bonds is 2. The molecule has 0 saturated carbocycles. The molecule has 4 nitrogen and oxygen atoms in total. The molecule has 0 aliphatic carbocycles. The number of aromatic nitrogens is 2. The van der Waals surface area contributed by atoms with Crippen molar-refractivity contribution in [3.05, 3.63) is 46.8 Å². The van der Waals surface area contributed by atoms with E-state index in [1.807, 2.05) is 39.0 Å². The maximum atomic E-state index is 11.9. The number of anilines is 1. The summed E-state index contributed by atoms with van der Waals surface area (Å²) in [6.07, 6.45) is 0. The molecule has 0 atom stereocenters. The molecule has 0 fully saturated rings. The summed E-state index contributed by atoms with van der Waals surface area (Å²) < 4.78 is 0. The van der Waals surface area contributed by atoms with Crippen molar-refractivity contribution >= 4 is 11.9 Å². The van der Waals surface area contributed by atoms with Gasteiger partial charge < -0.3 is 4.98 Å². The van der Waals surface area contributed by atoms with Gasteiger partial charge in [-0.25, -0.2) is 4.98 Å². The number of aryl methyl sites for hydroxylation is 3. The Morgan fingerprint density at radius 1 is 1.29 bits per heavy atom. The highest BCUT2D eigenvalue weighted by atomic mass is 16.1. The molecule has 2 rings (SSSR count). The van der Waals surface area contributed by atoms with Gasteiger partial charge in [0, 0.05) is 11.3 Å². The Balaban J connectivity index is 2.17. The van der Waals surface area contributed by atoms with Gasteiger partial charge in [0.15, 0.2) is 0 Å². The first-order valence-corrected chi connectivity index (χ1v) is 5.47. The van der Waals surface area contributed by atoms with E-state index in [2.05, 4.69) is 15.3 Å². The van der Waals surface area contributed by atoms with Crippen LogP contribution in [-0.4, -0.2) is 15.9 Å². The summed E-state index contributed by atoms with van der Waals surface area (Å²) in [6.45, 7) is 5.77. The maximum absolute atomic E-state index is 11.9. The normalized spacial score (nSPS) is 10.3. The fourth-order valence-corrected chi connectivity index (χ4v) is 1.57. The van der Waals surface area contributed by atoms with Crippen LogP contribution in [0, 0.1) is 20.8 Å². The van der Waals surface area contributed by atoms with E-state index in [1.54, 1.807) is 6.07 Å². The first-order valence-electron chi connectivity index (χ1n) is 5.47. The van der Waals surface area contributed by atoms with Crippen molar-refractivity contribution in [2.24, 2.45) is 0 Å². The summed E-state index contributed by atoms with van der Waals surface area (Å²) in [6, 6.07) is 7.45. The zero-order chi connectivity index (χ0) is 12.4. The van der Waals surface area contributed by atoms with Gasteiger partial charge in [0.05, 0.1) is 5.69 Å². The number of H-pyrrole nitrogens is 1. The van der Waals surface area contributed by atoms with Crippen molar-refractivity contribution in [3.63, 3.8) is 0 Å². The van der Waals surface area contributed by atoms with Crippen molar-refractivity contribution < 1.29 is 4.79 Å². The monoisotopic (exact) mass is 229 g/mol. The van der Waals surface area contributed by atoms with Gasteiger partial charge in [0.1, 0.15) is 0 Å². The number of amides is 1. The third-order valence-electron chi connectivity index (χ3n) is 2.64. The molecule has 0 unspecified atom stereocenters. The Hall–Kier alpha value is -2.10. The maximum Gasteiger partial charge on any atom is 0.257 e. The lowest BCUT2D eigenvalue weighted by molar-refractivity contribution is 0.102. The van der Waals surface area contributed by atoms with E-state index in [0.717, 1.165) is 17.0 Å². The molecule has 0 radical (unpaired) electrons. The summed E-state index contributed by atoms with van der Waals surface area (Å²) in [4.78, 5) is 19.1. The van der Waals surface area contributed by atoms with Gasteiger partial charge in [-0.2, -0.15) is 0 Å². The SMILES string of the molecule is Cc1cccc(C(=O)Nc2nc(C)c(C)[nH]2)c1. The van der Waals surface area contributed by atoms with Crippen molar-refractivity contribution in [1.29, 1.82) is 0 Å². The first kappa shape index (κ1) is 11.4. The van der Waals surface area contributed by atoms with Crippen LogP contribution in [0.5, 0.6) is 0 Å². The number of hydrogen-bond donors (Lipinski definition) is 2. The van der Waals surface area contributed by atoms with Gasteiger partial charge in [-0.1, -0.05) is 17.7 Å². The summed E-state index contributed by atoms with van der Waals surface area (Å²) in [5.41, 5.74) is 3.55.